The molecular weight excluding hydrogens is 816 g/mol. The summed E-state index contributed by atoms with van der Waals surface area (Å²) in [6.45, 7) is 8.82. The first-order chi connectivity index (χ1) is 30.7. The minimum atomic E-state index is -0.578. The van der Waals surface area contributed by atoms with Crippen molar-refractivity contribution in [1.29, 1.82) is 0 Å². The first kappa shape index (κ1) is 43.9. The number of anilines is 5. The standard InChI is InChI=1S/C44H53ClN12O3.C3H6/c1-47-38-24-41(52-57-40(42(46)59)26-50-43(38)57)56-17-14-33-32(5-3-7-39(33)56)35-10-8-30(25-49-35)28-53-15-12-29(13-16-53)27-54-18-20-55(21-19-54)31-9-11-36(34(45)23-31)51-37(6-4-22-58)44(60)48-2;1-2-3-1/h3,5,7-11,22-26,29,37,47,51H,4,6,12-21,27-28H2,1-2H3,(H2,46,59)(H,48,60);1-3H2. The van der Waals surface area contributed by atoms with Crippen LogP contribution in [-0.4, -0.2) is 120 Å². The van der Waals surface area contributed by atoms with E-state index in [4.69, 9.17) is 27.4 Å². The molecule has 16 heteroatoms. The molecule has 6 heterocycles. The van der Waals surface area contributed by atoms with Crippen molar-refractivity contribution in [3.8, 4) is 11.3 Å². The fourth-order valence-electron chi connectivity index (χ4n) is 8.85. The van der Waals surface area contributed by atoms with Gasteiger partial charge in [-0.05, 0) is 86.1 Å². The Morgan fingerprint density at radius 2 is 1.70 bits per heavy atom. The average Bonchev–Trinajstić information content (AvgIpc) is 4.03. The van der Waals surface area contributed by atoms with E-state index in [1.165, 1.54) is 53.9 Å². The molecule has 0 spiro atoms. The smallest absolute Gasteiger partial charge is 0.269 e. The zero-order valence-corrected chi connectivity index (χ0v) is 37.1. The molecule has 2 aromatic carbocycles. The molecule has 4 aliphatic rings. The number of primary amides is 1. The second kappa shape index (κ2) is 20.2. The van der Waals surface area contributed by atoms with Gasteiger partial charge in [0.25, 0.3) is 5.91 Å². The number of imidazole rings is 1. The molecule has 2 amide bonds. The van der Waals surface area contributed by atoms with Crippen LogP contribution in [0.25, 0.3) is 16.9 Å². The number of likely N-dealkylation sites (tertiary alicyclic amines) is 1. The van der Waals surface area contributed by atoms with E-state index in [0.717, 1.165) is 99.9 Å². The molecule has 9 rings (SSSR count). The molecule has 3 aromatic heterocycles. The number of likely N-dealkylation sites (N-methyl/N-ethyl adjacent to an activating group) is 1. The lowest BCUT2D eigenvalue weighted by Gasteiger charge is -2.39. The van der Waals surface area contributed by atoms with Gasteiger partial charge in [-0.2, -0.15) is 0 Å². The number of amides is 2. The molecule has 1 unspecified atom stereocenters. The Kier molecular flexibility index (Phi) is 14.0. The van der Waals surface area contributed by atoms with Crippen molar-refractivity contribution >= 4 is 63.9 Å². The summed E-state index contributed by atoms with van der Waals surface area (Å²) in [5.41, 5.74) is 14.5. The predicted molar refractivity (Wildman–Crippen MR) is 250 cm³/mol. The predicted octanol–water partition coefficient (Wildman–Crippen LogP) is 5.99. The number of aromatic nitrogens is 4. The van der Waals surface area contributed by atoms with Gasteiger partial charge in [0.05, 0.1) is 28.3 Å². The highest BCUT2D eigenvalue weighted by molar-refractivity contribution is 6.33. The van der Waals surface area contributed by atoms with E-state index in [0.29, 0.717) is 40.9 Å². The Balaban J connectivity index is 0.00000174. The molecule has 2 saturated heterocycles. The Morgan fingerprint density at radius 1 is 0.905 bits per heavy atom. The third-order valence-corrected chi connectivity index (χ3v) is 12.8. The molecule has 5 aromatic rings. The minimum Gasteiger partial charge on any atom is -0.385 e. The van der Waals surface area contributed by atoms with Gasteiger partial charge in [0.1, 0.15) is 18.0 Å². The van der Waals surface area contributed by atoms with Gasteiger partial charge < -0.3 is 36.3 Å². The van der Waals surface area contributed by atoms with Crippen LogP contribution in [0.5, 0.6) is 0 Å². The normalized spacial score (nSPS) is 17.1. The number of nitrogens with two attached hydrogens (primary N) is 1. The number of piperidine rings is 1. The second-order valence-corrected chi connectivity index (χ2v) is 17.4. The average molecular weight is 876 g/mol. The molecule has 3 aliphatic heterocycles. The van der Waals surface area contributed by atoms with Crippen LogP contribution in [0.1, 0.15) is 66.6 Å². The fourth-order valence-corrected chi connectivity index (χ4v) is 9.08. The van der Waals surface area contributed by atoms with E-state index in [9.17, 15) is 14.4 Å². The molecule has 1 atom stereocenters. The molecule has 15 nitrogen and oxygen atoms in total. The van der Waals surface area contributed by atoms with Gasteiger partial charge in [-0.15, -0.1) is 5.10 Å². The molecular formula is C47H59ClN12O3. The van der Waals surface area contributed by atoms with Crippen LogP contribution in [0.4, 0.5) is 28.6 Å². The van der Waals surface area contributed by atoms with E-state index >= 15 is 0 Å². The molecule has 332 valence electrons. The number of fused-ring (bicyclic) bond motifs is 2. The van der Waals surface area contributed by atoms with E-state index in [1.807, 2.05) is 31.4 Å². The maximum absolute atomic E-state index is 12.3. The molecule has 0 bridgehead atoms. The maximum atomic E-state index is 12.3. The zero-order valence-electron chi connectivity index (χ0n) is 36.4. The van der Waals surface area contributed by atoms with Crippen LogP contribution in [0.15, 0.2) is 67.0 Å². The second-order valence-electron chi connectivity index (χ2n) is 17.0. The number of carbonyl (C=O) groups is 3. The lowest BCUT2D eigenvalue weighted by Crippen LogP contribution is -2.48. The Bertz CT molecular complexity index is 2390. The lowest BCUT2D eigenvalue weighted by molar-refractivity contribution is -0.121. The molecule has 3 fully saturated rings. The van der Waals surface area contributed by atoms with Crippen LogP contribution < -0.4 is 31.5 Å². The van der Waals surface area contributed by atoms with Gasteiger partial charge in [0.15, 0.2) is 11.5 Å². The van der Waals surface area contributed by atoms with E-state index in [1.54, 1.807) is 7.05 Å². The summed E-state index contributed by atoms with van der Waals surface area (Å²) in [5, 5.41) is 14.4. The number of aldehydes is 1. The molecule has 63 heavy (non-hydrogen) atoms. The summed E-state index contributed by atoms with van der Waals surface area (Å²) in [7, 11) is 3.41. The topological polar surface area (TPSA) is 169 Å². The molecule has 1 saturated carbocycles. The SMILES string of the molecule is C1CC1.CNC(=O)C(CCC=O)Nc1ccc(N2CCN(CC3CCN(Cc4ccc(-c5cccc6c5CCN6c5cc(NC)c6ncc(C(N)=O)n6n5)nc4)CC3)CC2)cc1Cl. The Hall–Kier alpha value is -5.77. The first-order valence-corrected chi connectivity index (χ1v) is 22.7. The van der Waals surface area contributed by atoms with Crippen LogP contribution in [-0.2, 0) is 22.6 Å². The molecule has 5 N–H and O–H groups in total. The number of benzene rings is 2. The van der Waals surface area contributed by atoms with Crippen molar-refractivity contribution in [2.75, 3.05) is 86.9 Å². The maximum Gasteiger partial charge on any atom is 0.269 e. The van der Waals surface area contributed by atoms with Crippen LogP contribution in [0.2, 0.25) is 5.02 Å². The number of piperazine rings is 1. The van der Waals surface area contributed by atoms with Crippen molar-refractivity contribution in [2.24, 2.45) is 11.7 Å². The van der Waals surface area contributed by atoms with E-state index < -0.39 is 11.9 Å². The van der Waals surface area contributed by atoms with Crippen molar-refractivity contribution in [3.63, 3.8) is 0 Å². The lowest BCUT2D eigenvalue weighted by atomic mass is 9.95. The summed E-state index contributed by atoms with van der Waals surface area (Å²) in [5.74, 6) is 0.647. The number of rotatable bonds is 15. The number of nitrogens with zero attached hydrogens (tertiary/aromatic N) is 8. The van der Waals surface area contributed by atoms with Gasteiger partial charge >= 0.3 is 0 Å². The highest BCUT2D eigenvalue weighted by atomic mass is 35.5. The van der Waals surface area contributed by atoms with Gasteiger partial charge in [-0.25, -0.2) is 9.50 Å². The summed E-state index contributed by atoms with van der Waals surface area (Å²) < 4.78 is 1.52. The number of nitrogens with one attached hydrogen (secondary N) is 3. The fraction of sp³-hybridized carbons (Fsp3) is 0.447. The van der Waals surface area contributed by atoms with Gasteiger partial charge in [0.2, 0.25) is 5.91 Å². The number of hydrogen-bond acceptors (Lipinski definition) is 12. The van der Waals surface area contributed by atoms with Crippen molar-refractivity contribution in [1.82, 2.24) is 34.7 Å². The van der Waals surface area contributed by atoms with Gasteiger partial charge in [-0.3, -0.25) is 24.4 Å². The summed E-state index contributed by atoms with van der Waals surface area (Å²) in [4.78, 5) is 54.3. The minimum absolute atomic E-state index is 0.170. The van der Waals surface area contributed by atoms with E-state index in [2.05, 4.69) is 76.9 Å². The van der Waals surface area contributed by atoms with Crippen LogP contribution in [0.3, 0.4) is 0 Å². The molecule has 1 aliphatic carbocycles. The quantitative estimate of drug-likeness (QED) is 0.0909. The Labute approximate surface area is 374 Å². The van der Waals surface area contributed by atoms with Gasteiger partial charge in [0, 0.05) is 95.5 Å². The summed E-state index contributed by atoms with van der Waals surface area (Å²) >= 11 is 6.67. The summed E-state index contributed by atoms with van der Waals surface area (Å²) in [6.07, 6.45) is 12.7. The number of carbonyl (C=O) groups excluding carboxylic acids is 3. The third kappa shape index (κ3) is 10.4. The highest BCUT2D eigenvalue weighted by Gasteiger charge is 2.28. The summed E-state index contributed by atoms with van der Waals surface area (Å²) in [6, 6.07) is 18.1. The van der Waals surface area contributed by atoms with Gasteiger partial charge in [-0.1, -0.05) is 49.1 Å². The van der Waals surface area contributed by atoms with Crippen molar-refractivity contribution < 1.29 is 14.4 Å². The van der Waals surface area contributed by atoms with E-state index in [-0.39, 0.29) is 11.6 Å². The van der Waals surface area contributed by atoms with Crippen molar-refractivity contribution in [3.05, 3.63) is 88.8 Å². The van der Waals surface area contributed by atoms with Crippen LogP contribution in [0, 0.1) is 5.92 Å². The monoisotopic (exact) mass is 874 g/mol. The first-order valence-electron chi connectivity index (χ1n) is 22.3. The third-order valence-electron chi connectivity index (χ3n) is 12.5. The number of pyridine rings is 1. The van der Waals surface area contributed by atoms with Crippen LogP contribution >= 0.6 is 11.6 Å². The number of hydrogen-bond donors (Lipinski definition) is 4. The van der Waals surface area contributed by atoms with Crippen molar-refractivity contribution in [2.45, 2.75) is 64.0 Å². The zero-order chi connectivity index (χ0) is 43.9. The Morgan fingerprint density at radius 3 is 2.37 bits per heavy atom. The molecule has 0 radical (unpaired) electrons. The highest BCUT2D eigenvalue weighted by Crippen LogP contribution is 2.40. The largest absolute Gasteiger partial charge is 0.385 e. The number of halogens is 1.